The first-order chi connectivity index (χ1) is 47.0. The molecule has 0 fully saturated rings. The molecule has 0 unspecified atom stereocenters. The van der Waals surface area contributed by atoms with Gasteiger partial charge >= 0.3 is 0 Å². The van der Waals surface area contributed by atoms with E-state index in [0.29, 0.717) is 21.8 Å². The number of fused-ring (bicyclic) bond motifs is 11. The lowest BCUT2D eigenvalue weighted by Crippen LogP contribution is -2.44. The smallest absolute Gasteiger partial charge is 0.269 e. The van der Waals surface area contributed by atoms with Crippen molar-refractivity contribution in [3.63, 3.8) is 0 Å². The number of aromatic nitrogens is 4. The lowest BCUT2D eigenvalue weighted by molar-refractivity contribution is -0.570. The molecule has 8 aromatic carbocycles. The molecule has 0 amide bonds. The van der Waals surface area contributed by atoms with Gasteiger partial charge in [-0.05, 0) is 139 Å². The Balaban J connectivity index is 1.10. The van der Waals surface area contributed by atoms with E-state index in [9.17, 15) is 16.4 Å². The van der Waals surface area contributed by atoms with Crippen molar-refractivity contribution in [3.8, 4) is 67.4 Å². The van der Waals surface area contributed by atoms with Crippen LogP contribution in [0.15, 0.2) is 164 Å². The van der Waals surface area contributed by atoms with E-state index in [1.807, 2.05) is 10.5 Å². The first-order valence-electron chi connectivity index (χ1n) is 38.1. The summed E-state index contributed by atoms with van der Waals surface area (Å²) < 4.78 is 288. The van der Waals surface area contributed by atoms with Gasteiger partial charge in [0, 0.05) is 59.5 Å². The Labute approximate surface area is 464 Å². The van der Waals surface area contributed by atoms with Gasteiger partial charge in [0.05, 0.1) is 43.0 Å². The molecule has 0 saturated carbocycles. The molecule has 5 nitrogen and oxygen atoms in total. The van der Waals surface area contributed by atoms with Gasteiger partial charge < -0.3 is 4.74 Å². The normalized spacial score (nSPS) is 24.8. The summed E-state index contributed by atoms with van der Waals surface area (Å²) in [5.41, 5.74) is -14.4. The largest absolute Gasteiger partial charge is 0.458 e. The molecule has 0 saturated heterocycles. The van der Waals surface area contributed by atoms with Crippen LogP contribution in [0.1, 0.15) is 137 Å². The van der Waals surface area contributed by atoms with Crippen LogP contribution in [0, 0.1) is 13.2 Å². The highest BCUT2D eigenvalue weighted by atomic mass is 16.5. The minimum Gasteiger partial charge on any atom is -0.458 e. The number of rotatable bonds is 4. The molecule has 0 bridgehead atoms. The summed E-state index contributed by atoms with van der Waals surface area (Å²) >= 11 is 0. The van der Waals surface area contributed by atoms with Crippen molar-refractivity contribution in [1.29, 1.82) is 0 Å². The fourth-order valence-electron chi connectivity index (χ4n) is 11.0. The highest BCUT2D eigenvalue weighted by Crippen LogP contribution is 2.53. The maximum Gasteiger partial charge on any atom is 0.269 e. The van der Waals surface area contributed by atoms with E-state index >= 15 is 0 Å². The van der Waals surface area contributed by atoms with Crippen molar-refractivity contribution in [2.45, 2.75) is 96.4 Å². The Hall–Kier alpha value is -7.76. The van der Waals surface area contributed by atoms with Gasteiger partial charge in [-0.2, -0.15) is 0 Å². The maximum atomic E-state index is 10.4. The Morgan fingerprint density at radius 2 is 1.33 bits per heavy atom. The summed E-state index contributed by atoms with van der Waals surface area (Å²) in [4.78, 5) is 4.96. The maximum absolute atomic E-state index is 10.4. The molecule has 2 aliphatic heterocycles. The van der Waals surface area contributed by atoms with Gasteiger partial charge in [-0.3, -0.25) is 13.5 Å². The first-order valence-corrected chi connectivity index (χ1v) is 23.1. The molecule has 5 heterocycles. The fraction of sp³-hybridized carbons (Fsp3) is 0.224. The standard InChI is InChI=1S/C67H58N4O/c1-40-27-31-55-62-59(40)50-30-29-44(37-53(50)63-68-38-58(71(62)63)67(8,9)66(55,6)7)72-43-18-14-17-42(36-43)69-39-70-60-45(41-28-32-54-56(35-41)65(4,5)34-33-64(54,2)3)23-15-24-51(60)48-21-12-10-19-46(48)47-20-11-13-22-49(47)52-25-16-26-57(69)61(52)70/h10-32,35-38H,33-34H2,1-9H3/i1D3,2D3,3D3,4D3,5D3,10D,11D,12D,13D,19D,20D,21D,22D,28D,32D,33D2,34D2,35D. The van der Waals surface area contributed by atoms with Crippen molar-refractivity contribution in [2.24, 2.45) is 0 Å². The summed E-state index contributed by atoms with van der Waals surface area (Å²) in [5.74, 6) is 0.432. The summed E-state index contributed by atoms with van der Waals surface area (Å²) in [6.45, 7) is -11.7. The SMILES string of the molecule is [2H]c1c([2H])c([2H])c2c(c1[2H])-c1cccc(-c3c([2H])c([2H])c4c(c3[2H])C(C([2H])([2H])[2H])(C([2H])([2H])[2H])C([2H])([2H])C([2H])([2H])C4(C([2H])([2H])[2H])C([2H])([2H])[2H])c1-[n+]1[c-]n(-c3cccc(Oc4ccc5c(c4)c4ncc6n4c4c(ccc(C([2H])([2H])[2H])c54)C(C)(C)C6(C)C)c3)c3cccc(c31)-c1c([2H])c([2H])c([2H])c([2H])c1-2. The van der Waals surface area contributed by atoms with E-state index < -0.39 is 180 Å². The number of imidazole rings is 2. The molecule has 72 heavy (non-hydrogen) atoms. The van der Waals surface area contributed by atoms with Gasteiger partial charge in [-0.25, -0.2) is 4.98 Å². The summed E-state index contributed by atoms with van der Waals surface area (Å²) in [7, 11) is 0. The van der Waals surface area contributed by atoms with Crippen LogP contribution in [0.3, 0.4) is 0 Å². The van der Waals surface area contributed by atoms with Gasteiger partial charge in [0.1, 0.15) is 17.1 Å². The van der Waals surface area contributed by atoms with Crippen LogP contribution < -0.4 is 9.30 Å². The third kappa shape index (κ3) is 5.82. The zero-order valence-corrected chi connectivity index (χ0v) is 38.9. The lowest BCUT2D eigenvalue weighted by atomic mass is 9.60. The Kier molecular flexibility index (Phi) is 4.55. The fourth-order valence-corrected chi connectivity index (χ4v) is 11.0. The van der Waals surface area contributed by atoms with Crippen LogP contribution in [0.25, 0.3) is 94.2 Å². The van der Waals surface area contributed by atoms with Crippen LogP contribution in [0.4, 0.5) is 0 Å². The molecule has 0 atom stereocenters. The van der Waals surface area contributed by atoms with Gasteiger partial charge in [-0.1, -0.05) is 176 Å². The number of hydrogen-bond donors (Lipinski definition) is 0. The van der Waals surface area contributed by atoms with E-state index in [-0.39, 0.29) is 50.5 Å². The second-order valence-electron chi connectivity index (χ2n) is 19.6. The third-order valence-electron chi connectivity index (χ3n) is 15.2. The van der Waals surface area contributed by atoms with Crippen LogP contribution in [0.2, 0.25) is 0 Å². The number of nitrogens with zero attached hydrogens (tertiary/aromatic N) is 4. The zero-order chi connectivity index (χ0) is 74.9. The number of para-hydroxylation sites is 2. The van der Waals surface area contributed by atoms with E-state index in [4.69, 9.17) is 34.4 Å². The number of ether oxygens (including phenoxy) is 1. The summed E-state index contributed by atoms with van der Waals surface area (Å²) in [6, 6.07) is 12.0. The van der Waals surface area contributed by atoms with E-state index in [2.05, 4.69) is 34.0 Å². The van der Waals surface area contributed by atoms with Crippen LogP contribution in [-0.2, 0) is 21.7 Å². The number of aryl methyl sites for hydroxylation is 1. The Morgan fingerprint density at radius 1 is 0.653 bits per heavy atom. The molecule has 1 aliphatic carbocycles. The predicted molar refractivity (Wildman–Crippen MR) is 295 cm³/mol. The molecule has 11 aromatic rings. The van der Waals surface area contributed by atoms with Crippen LogP contribution >= 0.6 is 0 Å². The second-order valence-corrected chi connectivity index (χ2v) is 19.6. The average molecular weight is 965 g/mol. The highest BCUT2D eigenvalue weighted by molar-refractivity contribution is 6.15. The van der Waals surface area contributed by atoms with Gasteiger partial charge in [0.2, 0.25) is 0 Å². The van der Waals surface area contributed by atoms with Crippen molar-refractivity contribution in [3.05, 3.63) is 198 Å². The molecular weight excluding hydrogens is 877 g/mol. The number of benzene rings is 8. The van der Waals surface area contributed by atoms with Crippen LogP contribution in [0.5, 0.6) is 11.5 Å². The van der Waals surface area contributed by atoms with Crippen LogP contribution in [-0.4, -0.2) is 14.0 Å². The van der Waals surface area contributed by atoms with E-state index in [1.165, 1.54) is 33.4 Å². The zero-order valence-electron chi connectivity index (χ0n) is 68.9. The Morgan fingerprint density at radius 3 is 2.10 bits per heavy atom. The monoisotopic (exact) mass is 965 g/mol. The van der Waals surface area contributed by atoms with Crippen molar-refractivity contribution >= 4 is 38.4 Å². The van der Waals surface area contributed by atoms with Gasteiger partial charge in [-0.15, -0.1) is 0 Å². The molecule has 0 spiro atoms. The lowest BCUT2D eigenvalue weighted by Gasteiger charge is -2.46. The predicted octanol–water partition coefficient (Wildman–Crippen LogP) is 16.7. The molecule has 5 heteroatoms. The molecule has 3 aromatic heterocycles. The van der Waals surface area contributed by atoms with E-state index in [0.717, 1.165) is 22.8 Å². The molecule has 352 valence electrons. The minimum absolute atomic E-state index is 0.0918. The first kappa shape index (κ1) is 22.3. The molecular formula is C67H58N4O. The molecule has 3 aliphatic rings. The summed E-state index contributed by atoms with van der Waals surface area (Å²) in [6.07, 6.45) is -4.28. The van der Waals surface area contributed by atoms with Crippen molar-refractivity contribution in [1.82, 2.24) is 14.0 Å². The second kappa shape index (κ2) is 14.7. The van der Waals surface area contributed by atoms with Crippen molar-refractivity contribution < 1.29 is 50.4 Å². The molecule has 0 radical (unpaired) electrons. The van der Waals surface area contributed by atoms with Gasteiger partial charge in [0.15, 0.2) is 0 Å². The number of pyridine rings is 1. The van der Waals surface area contributed by atoms with Gasteiger partial charge in [0.25, 0.3) is 6.33 Å². The number of hydrogen-bond acceptors (Lipinski definition) is 2. The Bertz CT molecular complexity index is 5560. The molecule has 14 rings (SSSR count). The highest BCUT2D eigenvalue weighted by Gasteiger charge is 2.46. The third-order valence-corrected chi connectivity index (χ3v) is 15.2. The topological polar surface area (TPSA) is 35.3 Å². The average Bonchev–Trinajstić information content (AvgIpc) is 0.770. The quantitative estimate of drug-likeness (QED) is 0.100. The van der Waals surface area contributed by atoms with Crippen molar-refractivity contribution in [2.75, 3.05) is 0 Å². The molecule has 0 N–H and O–H groups in total. The summed E-state index contributed by atoms with van der Waals surface area (Å²) in [5, 5.41) is 1.66. The minimum atomic E-state index is -4.69. The van der Waals surface area contributed by atoms with E-state index in [1.54, 1.807) is 60.8 Å².